The second-order valence-electron chi connectivity index (χ2n) is 3.35. The average molecular weight is 234 g/mol. The highest BCUT2D eigenvalue weighted by atomic mass is 32.2. The molecule has 0 aromatic rings. The molecule has 5 heteroatoms. The van der Waals surface area contributed by atoms with E-state index in [1.54, 1.807) is 18.8 Å². The van der Waals surface area contributed by atoms with Crippen LogP contribution in [0.4, 0.5) is 0 Å². The largest absolute Gasteiger partial charge is 0.358 e. The van der Waals surface area contributed by atoms with Gasteiger partial charge < -0.3 is 10.6 Å². The van der Waals surface area contributed by atoms with Crippen LogP contribution >= 0.6 is 23.5 Å². The number of nitrogens with one attached hydrogen (secondary N) is 2. The van der Waals surface area contributed by atoms with Crippen LogP contribution in [0.15, 0.2) is 0 Å². The van der Waals surface area contributed by atoms with Gasteiger partial charge in [-0.2, -0.15) is 23.5 Å². The van der Waals surface area contributed by atoms with Gasteiger partial charge in [-0.1, -0.05) is 0 Å². The molecule has 1 rings (SSSR count). The summed E-state index contributed by atoms with van der Waals surface area (Å²) in [5, 5.41) is 6.10. The average Bonchev–Trinajstić information content (AvgIpc) is 2.14. The lowest BCUT2D eigenvalue weighted by molar-refractivity contribution is -0.122. The summed E-state index contributed by atoms with van der Waals surface area (Å²) in [6.07, 6.45) is 2.99. The maximum Gasteiger partial charge on any atom is 0.236 e. The molecule has 0 spiro atoms. The van der Waals surface area contributed by atoms with Gasteiger partial charge in [-0.15, -0.1) is 0 Å². The molecule has 1 saturated heterocycles. The second kappa shape index (κ2) is 6.58. The molecule has 1 atom stereocenters. The number of hydrogen-bond acceptors (Lipinski definition) is 4. The van der Waals surface area contributed by atoms with Gasteiger partial charge in [-0.3, -0.25) is 4.79 Å². The number of hydrogen-bond donors (Lipinski definition) is 2. The third-order valence-corrected chi connectivity index (χ3v) is 4.17. The van der Waals surface area contributed by atoms with Crippen molar-refractivity contribution in [2.24, 2.45) is 0 Å². The zero-order valence-electron chi connectivity index (χ0n) is 8.71. The summed E-state index contributed by atoms with van der Waals surface area (Å²) in [5.41, 5.74) is 0. The Kier molecular flexibility index (Phi) is 5.74. The predicted octanol–water partition coefficient (Wildman–Crippen LogP) is 0.559. The van der Waals surface area contributed by atoms with Crippen molar-refractivity contribution in [3.05, 3.63) is 0 Å². The molecule has 0 aliphatic carbocycles. The minimum absolute atomic E-state index is 0.00153. The van der Waals surface area contributed by atoms with Crippen LogP contribution in [-0.2, 0) is 4.79 Å². The number of likely N-dealkylation sites (N-methyl/N-ethyl adjacent to an activating group) is 1. The SMILES string of the molecule is CNC(=O)[C@H](CCSC)NC1CSC1. The molecule has 1 amide bonds. The van der Waals surface area contributed by atoms with Gasteiger partial charge in [0.25, 0.3) is 0 Å². The molecule has 1 aliphatic heterocycles. The Bertz CT molecular complexity index is 186. The van der Waals surface area contributed by atoms with Crippen molar-refractivity contribution in [1.82, 2.24) is 10.6 Å². The quantitative estimate of drug-likeness (QED) is 0.704. The second-order valence-corrected chi connectivity index (χ2v) is 5.41. The summed E-state index contributed by atoms with van der Waals surface area (Å²) in [7, 11) is 1.70. The molecule has 1 heterocycles. The Labute approximate surface area is 94.2 Å². The van der Waals surface area contributed by atoms with Crippen molar-refractivity contribution in [2.45, 2.75) is 18.5 Å². The van der Waals surface area contributed by atoms with E-state index in [9.17, 15) is 4.79 Å². The highest BCUT2D eigenvalue weighted by Gasteiger charge is 2.24. The predicted molar refractivity (Wildman–Crippen MR) is 65.1 cm³/mol. The molecule has 0 radical (unpaired) electrons. The Morgan fingerprint density at radius 3 is 2.79 bits per heavy atom. The number of carbonyl (C=O) groups is 1. The van der Waals surface area contributed by atoms with Gasteiger partial charge >= 0.3 is 0 Å². The normalized spacial score (nSPS) is 18.7. The molecular formula is C9H18N2OS2. The van der Waals surface area contributed by atoms with E-state index in [4.69, 9.17) is 0 Å². The summed E-state index contributed by atoms with van der Waals surface area (Å²) >= 11 is 3.72. The topological polar surface area (TPSA) is 41.1 Å². The fourth-order valence-electron chi connectivity index (χ4n) is 1.32. The number of rotatable bonds is 6. The smallest absolute Gasteiger partial charge is 0.236 e. The van der Waals surface area contributed by atoms with Crippen molar-refractivity contribution >= 4 is 29.4 Å². The molecule has 1 fully saturated rings. The molecule has 0 unspecified atom stereocenters. The van der Waals surface area contributed by atoms with Gasteiger partial charge in [0.2, 0.25) is 5.91 Å². The van der Waals surface area contributed by atoms with Crippen LogP contribution in [0.5, 0.6) is 0 Å². The van der Waals surface area contributed by atoms with Gasteiger partial charge in [-0.25, -0.2) is 0 Å². The van der Waals surface area contributed by atoms with E-state index >= 15 is 0 Å². The molecule has 14 heavy (non-hydrogen) atoms. The van der Waals surface area contributed by atoms with Crippen molar-refractivity contribution in [2.75, 3.05) is 30.6 Å². The molecule has 82 valence electrons. The third kappa shape index (κ3) is 3.71. The number of amides is 1. The first kappa shape index (κ1) is 12.2. The van der Waals surface area contributed by atoms with E-state index < -0.39 is 0 Å². The lowest BCUT2D eigenvalue weighted by Gasteiger charge is -2.30. The van der Waals surface area contributed by atoms with Crippen LogP contribution in [0.3, 0.4) is 0 Å². The van der Waals surface area contributed by atoms with Gasteiger partial charge in [0.15, 0.2) is 0 Å². The van der Waals surface area contributed by atoms with E-state index in [1.165, 1.54) is 0 Å². The molecule has 0 aromatic carbocycles. The highest BCUT2D eigenvalue weighted by molar-refractivity contribution is 8.00. The Morgan fingerprint density at radius 2 is 2.36 bits per heavy atom. The van der Waals surface area contributed by atoms with Crippen LogP contribution in [0.25, 0.3) is 0 Å². The third-order valence-electron chi connectivity index (χ3n) is 2.25. The Balaban J connectivity index is 2.30. The van der Waals surface area contributed by atoms with Crippen molar-refractivity contribution in [1.29, 1.82) is 0 Å². The van der Waals surface area contributed by atoms with Crippen LogP contribution in [0.1, 0.15) is 6.42 Å². The highest BCUT2D eigenvalue weighted by Crippen LogP contribution is 2.18. The van der Waals surface area contributed by atoms with Gasteiger partial charge in [0, 0.05) is 24.6 Å². The summed E-state index contributed by atoms with van der Waals surface area (Å²) in [5.74, 6) is 3.45. The molecule has 1 aliphatic rings. The summed E-state index contributed by atoms with van der Waals surface area (Å²) in [4.78, 5) is 11.5. The van der Waals surface area contributed by atoms with Gasteiger partial charge in [0.05, 0.1) is 6.04 Å². The zero-order valence-corrected chi connectivity index (χ0v) is 10.3. The maximum atomic E-state index is 11.5. The fourth-order valence-corrected chi connectivity index (χ4v) is 2.45. The molecule has 0 saturated carbocycles. The van der Waals surface area contributed by atoms with E-state index in [-0.39, 0.29) is 11.9 Å². The first-order chi connectivity index (χ1) is 6.77. The van der Waals surface area contributed by atoms with E-state index in [0.717, 1.165) is 23.7 Å². The Hall–Kier alpha value is 0.130. The first-order valence-electron chi connectivity index (χ1n) is 4.82. The standard InChI is InChI=1S/C9H18N2OS2/c1-10-9(12)8(3-4-13-2)11-7-5-14-6-7/h7-8,11H,3-6H2,1-2H3,(H,10,12)/t8-/m0/s1. The van der Waals surface area contributed by atoms with Gasteiger partial charge in [-0.05, 0) is 18.4 Å². The summed E-state index contributed by atoms with van der Waals surface area (Å²) in [6, 6.07) is 0.544. The van der Waals surface area contributed by atoms with Crippen molar-refractivity contribution in [3.8, 4) is 0 Å². The molecule has 2 N–H and O–H groups in total. The van der Waals surface area contributed by atoms with E-state index in [1.807, 2.05) is 11.8 Å². The van der Waals surface area contributed by atoms with E-state index in [0.29, 0.717) is 6.04 Å². The van der Waals surface area contributed by atoms with Crippen LogP contribution in [0, 0.1) is 0 Å². The molecule has 3 nitrogen and oxygen atoms in total. The monoisotopic (exact) mass is 234 g/mol. The lowest BCUT2D eigenvalue weighted by Crippen LogP contribution is -2.52. The number of carbonyl (C=O) groups excluding carboxylic acids is 1. The van der Waals surface area contributed by atoms with E-state index in [2.05, 4.69) is 16.9 Å². The summed E-state index contributed by atoms with van der Waals surface area (Å²) < 4.78 is 0. The maximum absolute atomic E-state index is 11.5. The fraction of sp³-hybridized carbons (Fsp3) is 0.889. The minimum Gasteiger partial charge on any atom is -0.358 e. The zero-order chi connectivity index (χ0) is 10.4. The van der Waals surface area contributed by atoms with Crippen LogP contribution in [-0.4, -0.2) is 48.6 Å². The minimum atomic E-state index is -0.00153. The molecule has 0 bridgehead atoms. The number of thioether (sulfide) groups is 2. The lowest BCUT2D eigenvalue weighted by atomic mass is 10.2. The van der Waals surface area contributed by atoms with Crippen molar-refractivity contribution in [3.63, 3.8) is 0 Å². The van der Waals surface area contributed by atoms with Gasteiger partial charge in [0.1, 0.15) is 0 Å². The first-order valence-corrected chi connectivity index (χ1v) is 7.37. The molecular weight excluding hydrogens is 216 g/mol. The Morgan fingerprint density at radius 1 is 1.64 bits per heavy atom. The van der Waals surface area contributed by atoms with Crippen LogP contribution in [0.2, 0.25) is 0 Å². The van der Waals surface area contributed by atoms with Crippen LogP contribution < -0.4 is 10.6 Å². The summed E-state index contributed by atoms with van der Waals surface area (Å²) in [6.45, 7) is 0. The molecule has 0 aromatic heterocycles. The van der Waals surface area contributed by atoms with Crippen molar-refractivity contribution < 1.29 is 4.79 Å².